The maximum absolute atomic E-state index is 11.5. The molecular formula is C11H23N3O2. The number of likely N-dealkylation sites (N-methyl/N-ethyl adjacent to an activating group) is 1. The first-order valence-corrected chi connectivity index (χ1v) is 5.46. The predicted octanol–water partition coefficient (Wildman–Crippen LogP) is -0.0310. The van der Waals surface area contributed by atoms with Gasteiger partial charge in [-0.1, -0.05) is 0 Å². The van der Waals surface area contributed by atoms with Crippen LogP contribution in [0.2, 0.25) is 0 Å². The molecule has 0 bridgehead atoms. The van der Waals surface area contributed by atoms with E-state index < -0.39 is 0 Å². The van der Waals surface area contributed by atoms with Crippen molar-refractivity contribution in [3.05, 3.63) is 0 Å². The van der Waals surface area contributed by atoms with Crippen molar-refractivity contribution in [2.75, 3.05) is 27.2 Å². The second kappa shape index (κ2) is 6.48. The molecule has 0 aromatic carbocycles. The number of carbonyl (C=O) groups excluding carboxylic acids is 2. The summed E-state index contributed by atoms with van der Waals surface area (Å²) < 4.78 is 0. The lowest BCUT2D eigenvalue weighted by Crippen LogP contribution is -2.46. The third-order valence-corrected chi connectivity index (χ3v) is 1.91. The third-order valence-electron chi connectivity index (χ3n) is 1.91. The summed E-state index contributed by atoms with van der Waals surface area (Å²) in [6.45, 7) is 6.47. The molecular weight excluding hydrogens is 206 g/mol. The molecule has 0 aliphatic carbocycles. The minimum Gasteiger partial charge on any atom is -0.350 e. The molecule has 16 heavy (non-hydrogen) atoms. The monoisotopic (exact) mass is 229 g/mol. The van der Waals surface area contributed by atoms with E-state index in [-0.39, 0.29) is 23.9 Å². The molecule has 0 aromatic rings. The van der Waals surface area contributed by atoms with Crippen molar-refractivity contribution < 1.29 is 9.59 Å². The van der Waals surface area contributed by atoms with Crippen molar-refractivity contribution in [3.8, 4) is 0 Å². The summed E-state index contributed by atoms with van der Waals surface area (Å²) >= 11 is 0. The highest BCUT2D eigenvalue weighted by Gasteiger charge is 2.17. The molecule has 0 saturated heterocycles. The van der Waals surface area contributed by atoms with E-state index in [9.17, 15) is 9.59 Å². The van der Waals surface area contributed by atoms with E-state index >= 15 is 0 Å². The molecule has 0 radical (unpaired) electrons. The number of rotatable bonds is 5. The number of amides is 2. The van der Waals surface area contributed by atoms with E-state index in [1.54, 1.807) is 14.1 Å². The molecule has 0 spiro atoms. The smallest absolute Gasteiger partial charge is 0.240 e. The number of nitrogens with one attached hydrogen (secondary N) is 2. The Kier molecular flexibility index (Phi) is 6.03. The van der Waals surface area contributed by atoms with Crippen LogP contribution in [0.25, 0.3) is 0 Å². The normalized spacial score (nSPS) is 11.1. The molecule has 5 nitrogen and oxygen atoms in total. The predicted molar refractivity (Wildman–Crippen MR) is 64.1 cm³/mol. The van der Waals surface area contributed by atoms with Gasteiger partial charge in [-0.2, -0.15) is 0 Å². The molecule has 0 atom stereocenters. The van der Waals surface area contributed by atoms with Crippen molar-refractivity contribution in [3.63, 3.8) is 0 Å². The number of nitrogens with zero attached hydrogens (tertiary/aromatic N) is 1. The average Bonchev–Trinajstić information content (AvgIpc) is 2.10. The zero-order valence-electron chi connectivity index (χ0n) is 10.9. The Labute approximate surface area is 97.6 Å². The first-order chi connectivity index (χ1) is 7.26. The van der Waals surface area contributed by atoms with Gasteiger partial charge in [0, 0.05) is 25.6 Å². The Morgan fingerprint density at radius 2 is 1.81 bits per heavy atom. The van der Waals surface area contributed by atoms with E-state index in [0.29, 0.717) is 13.0 Å². The minimum atomic E-state index is -0.258. The molecule has 0 aliphatic heterocycles. The summed E-state index contributed by atoms with van der Waals surface area (Å²) in [4.78, 5) is 24.5. The van der Waals surface area contributed by atoms with Gasteiger partial charge in [-0.15, -0.1) is 0 Å². The zero-order valence-corrected chi connectivity index (χ0v) is 10.9. The number of carbonyl (C=O) groups is 2. The number of hydrogen-bond acceptors (Lipinski definition) is 3. The molecule has 2 amide bonds. The van der Waals surface area contributed by atoms with Crippen LogP contribution in [0, 0.1) is 0 Å². The summed E-state index contributed by atoms with van der Waals surface area (Å²) in [5, 5.41) is 5.71. The SMILES string of the molecule is CNCCC(=O)N(C)CC(=O)NC(C)(C)C. The summed E-state index contributed by atoms with van der Waals surface area (Å²) in [6.07, 6.45) is 0.412. The van der Waals surface area contributed by atoms with Crippen LogP contribution in [0.5, 0.6) is 0 Å². The van der Waals surface area contributed by atoms with E-state index in [2.05, 4.69) is 10.6 Å². The van der Waals surface area contributed by atoms with Crippen molar-refractivity contribution in [1.82, 2.24) is 15.5 Å². The minimum absolute atomic E-state index is 0.0293. The largest absolute Gasteiger partial charge is 0.350 e. The van der Waals surface area contributed by atoms with Crippen LogP contribution in [0.15, 0.2) is 0 Å². The van der Waals surface area contributed by atoms with E-state index in [0.717, 1.165) is 0 Å². The lowest BCUT2D eigenvalue weighted by Gasteiger charge is -2.23. The Hall–Kier alpha value is -1.10. The van der Waals surface area contributed by atoms with Gasteiger partial charge in [0.15, 0.2) is 0 Å². The Morgan fingerprint density at radius 3 is 2.25 bits per heavy atom. The maximum Gasteiger partial charge on any atom is 0.240 e. The molecule has 5 heteroatoms. The fourth-order valence-corrected chi connectivity index (χ4v) is 1.18. The van der Waals surface area contributed by atoms with Crippen molar-refractivity contribution >= 4 is 11.8 Å². The highest BCUT2D eigenvalue weighted by atomic mass is 16.2. The van der Waals surface area contributed by atoms with Gasteiger partial charge >= 0.3 is 0 Å². The fraction of sp³-hybridized carbons (Fsp3) is 0.818. The van der Waals surface area contributed by atoms with E-state index in [1.807, 2.05) is 20.8 Å². The first-order valence-electron chi connectivity index (χ1n) is 5.46. The highest BCUT2D eigenvalue weighted by Crippen LogP contribution is 1.98. The summed E-state index contributed by atoms with van der Waals surface area (Å²) in [7, 11) is 3.43. The maximum atomic E-state index is 11.5. The van der Waals surface area contributed by atoms with Crippen LogP contribution in [0.3, 0.4) is 0 Å². The fourth-order valence-electron chi connectivity index (χ4n) is 1.18. The van der Waals surface area contributed by atoms with Gasteiger partial charge < -0.3 is 15.5 Å². The van der Waals surface area contributed by atoms with Gasteiger partial charge in [0.25, 0.3) is 0 Å². The van der Waals surface area contributed by atoms with Crippen molar-refractivity contribution in [1.29, 1.82) is 0 Å². The van der Waals surface area contributed by atoms with Crippen LogP contribution in [0.1, 0.15) is 27.2 Å². The Morgan fingerprint density at radius 1 is 1.25 bits per heavy atom. The van der Waals surface area contributed by atoms with Gasteiger partial charge in [-0.25, -0.2) is 0 Å². The molecule has 2 N–H and O–H groups in total. The molecule has 0 saturated carbocycles. The second-order valence-electron chi connectivity index (χ2n) is 4.90. The van der Waals surface area contributed by atoms with Crippen LogP contribution in [0.4, 0.5) is 0 Å². The molecule has 94 valence electrons. The van der Waals surface area contributed by atoms with Crippen LogP contribution in [-0.2, 0) is 9.59 Å². The zero-order chi connectivity index (χ0) is 12.8. The molecule has 0 heterocycles. The Bertz CT molecular complexity index is 246. The highest BCUT2D eigenvalue weighted by molar-refractivity contribution is 5.84. The van der Waals surface area contributed by atoms with Crippen molar-refractivity contribution in [2.45, 2.75) is 32.7 Å². The number of hydrogen-bond donors (Lipinski definition) is 2. The average molecular weight is 229 g/mol. The van der Waals surface area contributed by atoms with Gasteiger partial charge in [0.1, 0.15) is 0 Å². The molecule has 0 fully saturated rings. The van der Waals surface area contributed by atoms with Crippen LogP contribution >= 0.6 is 0 Å². The van der Waals surface area contributed by atoms with Crippen LogP contribution < -0.4 is 10.6 Å². The second-order valence-corrected chi connectivity index (χ2v) is 4.90. The topological polar surface area (TPSA) is 61.4 Å². The third kappa shape index (κ3) is 7.23. The standard InChI is InChI=1S/C11H23N3O2/c1-11(2,3)13-9(15)8-14(5)10(16)6-7-12-4/h12H,6-8H2,1-5H3,(H,13,15). The lowest BCUT2D eigenvalue weighted by atomic mass is 10.1. The molecule has 0 aromatic heterocycles. The first kappa shape index (κ1) is 14.9. The summed E-state index contributed by atoms with van der Waals surface area (Å²) in [6, 6.07) is 0. The van der Waals surface area contributed by atoms with Crippen LogP contribution in [-0.4, -0.2) is 49.4 Å². The van der Waals surface area contributed by atoms with Gasteiger partial charge in [-0.05, 0) is 27.8 Å². The van der Waals surface area contributed by atoms with Gasteiger partial charge in [0.05, 0.1) is 6.54 Å². The molecule has 0 unspecified atom stereocenters. The summed E-state index contributed by atoms with van der Waals surface area (Å²) in [5.41, 5.74) is -0.258. The summed E-state index contributed by atoms with van der Waals surface area (Å²) in [5.74, 6) is -0.161. The van der Waals surface area contributed by atoms with Gasteiger partial charge in [-0.3, -0.25) is 9.59 Å². The van der Waals surface area contributed by atoms with E-state index in [4.69, 9.17) is 0 Å². The Balaban J connectivity index is 3.99. The van der Waals surface area contributed by atoms with E-state index in [1.165, 1.54) is 4.90 Å². The van der Waals surface area contributed by atoms with Gasteiger partial charge in [0.2, 0.25) is 11.8 Å². The molecule has 0 rings (SSSR count). The lowest BCUT2D eigenvalue weighted by molar-refractivity contribution is -0.135. The van der Waals surface area contributed by atoms with Crippen molar-refractivity contribution in [2.24, 2.45) is 0 Å². The quantitative estimate of drug-likeness (QED) is 0.696. The molecule has 0 aliphatic rings.